The summed E-state index contributed by atoms with van der Waals surface area (Å²) >= 11 is 0. The van der Waals surface area contributed by atoms with E-state index >= 15 is 0 Å². The van der Waals surface area contributed by atoms with Crippen molar-refractivity contribution in [3.8, 4) is 0 Å². The van der Waals surface area contributed by atoms with Crippen molar-refractivity contribution in [1.82, 2.24) is 0 Å². The Morgan fingerprint density at radius 2 is 0.429 bits per heavy atom. The van der Waals surface area contributed by atoms with E-state index in [1.54, 1.807) is 0 Å². The molecular formula is CrO6. The van der Waals surface area contributed by atoms with E-state index in [1.807, 2.05) is 0 Å². The first-order valence-electron chi connectivity index (χ1n) is 0.500. The van der Waals surface area contributed by atoms with E-state index in [4.69, 9.17) is 31.5 Å². The second-order valence-corrected chi connectivity index (χ2v) is 0. The van der Waals surface area contributed by atoms with Crippen LogP contribution in [0.15, 0.2) is 0 Å². The van der Waals surface area contributed by atoms with Gasteiger partial charge >= 0.3 is 17.4 Å². The summed E-state index contributed by atoms with van der Waals surface area (Å²) in [5.74, 6) is 0. The molecule has 7 heavy (non-hydrogen) atoms. The molecule has 0 heterocycles. The summed E-state index contributed by atoms with van der Waals surface area (Å²) in [5, 5.41) is 42.0. The Balaban J connectivity index is -0.00000000900. The summed E-state index contributed by atoms with van der Waals surface area (Å²) in [5.41, 5.74) is 0. The van der Waals surface area contributed by atoms with Gasteiger partial charge in [0.15, 0.2) is 0 Å². The van der Waals surface area contributed by atoms with Crippen LogP contribution in [-0.2, 0) is 17.4 Å². The Morgan fingerprint density at radius 1 is 0.429 bits per heavy atom. The minimum Gasteiger partial charge on any atom is -1.00 e. The van der Waals surface area contributed by atoms with Crippen molar-refractivity contribution in [2.24, 2.45) is 0 Å². The average Bonchev–Trinajstić information content (AvgIpc) is 1.81. The molecule has 0 aromatic rings. The molecule has 0 saturated heterocycles. The van der Waals surface area contributed by atoms with Crippen molar-refractivity contribution in [3.63, 3.8) is 0 Å². The van der Waals surface area contributed by atoms with Gasteiger partial charge in [-0.15, -0.1) is 0 Å². The number of hydrogen-bond donors (Lipinski definition) is 0. The predicted octanol–water partition coefficient (Wildman–Crippen LogP) is -7.14. The third kappa shape index (κ3) is 1360. The predicted molar refractivity (Wildman–Crippen MR) is 0 cm³/mol. The summed E-state index contributed by atoms with van der Waals surface area (Å²) in [6.07, 6.45) is 0. The standard InChI is InChI=1S/Cr.3O2/c;3*1-2/q+6;3*-2. The summed E-state index contributed by atoms with van der Waals surface area (Å²) < 4.78 is 0. The van der Waals surface area contributed by atoms with Gasteiger partial charge in [-0.2, -0.15) is 0 Å². The van der Waals surface area contributed by atoms with E-state index in [0.29, 0.717) is 0 Å². The van der Waals surface area contributed by atoms with Gasteiger partial charge in [-0.3, -0.25) is 0 Å². The van der Waals surface area contributed by atoms with Crippen LogP contribution in [0.5, 0.6) is 0 Å². The fraction of sp³-hybridized carbons (Fsp3) is 0. The van der Waals surface area contributed by atoms with Gasteiger partial charge in [-0.1, -0.05) is 0 Å². The Hall–Kier alpha value is 0.292. The van der Waals surface area contributed by atoms with E-state index in [1.165, 1.54) is 0 Å². The van der Waals surface area contributed by atoms with E-state index in [0.717, 1.165) is 0 Å². The zero-order valence-corrected chi connectivity index (χ0v) is 4.13. The van der Waals surface area contributed by atoms with E-state index in [9.17, 15) is 0 Å². The molecular weight excluding hydrogens is 148 g/mol. The van der Waals surface area contributed by atoms with Gasteiger partial charge in [0.05, 0.1) is 0 Å². The van der Waals surface area contributed by atoms with Crippen molar-refractivity contribution in [1.29, 1.82) is 0 Å². The molecule has 0 aromatic heterocycles. The van der Waals surface area contributed by atoms with Crippen LogP contribution in [0, 0.1) is 0 Å². The van der Waals surface area contributed by atoms with Gasteiger partial charge in [-0.25, -0.2) is 0 Å². The van der Waals surface area contributed by atoms with Crippen molar-refractivity contribution >= 4 is 0 Å². The van der Waals surface area contributed by atoms with Crippen LogP contribution >= 0.6 is 0 Å². The van der Waals surface area contributed by atoms with Crippen LogP contribution in [-0.4, -0.2) is 0 Å². The first-order chi connectivity index (χ1) is 3.00. The molecule has 42 valence electrons. The van der Waals surface area contributed by atoms with Crippen LogP contribution in [0.2, 0.25) is 0 Å². The largest absolute Gasteiger partial charge is 6.00 e. The molecule has 0 saturated carbocycles. The summed E-state index contributed by atoms with van der Waals surface area (Å²) in [6, 6.07) is 0. The summed E-state index contributed by atoms with van der Waals surface area (Å²) in [4.78, 5) is 0. The van der Waals surface area contributed by atoms with Crippen molar-refractivity contribution in [2.75, 3.05) is 0 Å². The van der Waals surface area contributed by atoms with E-state index in [-0.39, 0.29) is 17.4 Å². The molecule has 0 radical (unpaired) electrons. The Bertz CT molecular complexity index is 4.14. The molecule has 0 bridgehead atoms. The molecule has 0 aliphatic carbocycles. The molecule has 7 heteroatoms. The second kappa shape index (κ2) is 2060. The van der Waals surface area contributed by atoms with Gasteiger partial charge in [-0.05, 0) is 0 Å². The summed E-state index contributed by atoms with van der Waals surface area (Å²) in [7, 11) is 0. The molecule has 0 aliphatic heterocycles. The number of rotatable bonds is 0. The Morgan fingerprint density at radius 3 is 0.429 bits per heavy atom. The smallest absolute Gasteiger partial charge is 1.00 e. The SMILES string of the molecule is [Cr+6].[O-][O-].[O-][O-].[O-][O-]. The molecule has 0 unspecified atom stereocenters. The minimum absolute atomic E-state index is 0. The molecule has 0 atom stereocenters. The molecule has 0 fully saturated rings. The molecule has 0 rings (SSSR count). The monoisotopic (exact) mass is 148 g/mol. The van der Waals surface area contributed by atoms with Crippen LogP contribution in [0.25, 0.3) is 0 Å². The maximum absolute atomic E-state index is 7.00. The third-order valence-electron chi connectivity index (χ3n) is 0. The van der Waals surface area contributed by atoms with E-state index in [2.05, 4.69) is 0 Å². The Labute approximate surface area is 49.8 Å². The zero-order chi connectivity index (χ0) is 6.00. The first-order valence-corrected chi connectivity index (χ1v) is 0.500. The topological polar surface area (TPSA) is 138 Å². The van der Waals surface area contributed by atoms with Crippen molar-refractivity contribution < 1.29 is 48.9 Å². The molecule has 0 aliphatic rings. The van der Waals surface area contributed by atoms with E-state index < -0.39 is 0 Å². The zero-order valence-electron chi connectivity index (χ0n) is 2.86. The van der Waals surface area contributed by atoms with Gasteiger partial charge in [0.1, 0.15) is 0 Å². The van der Waals surface area contributed by atoms with Crippen molar-refractivity contribution in [3.05, 3.63) is 0 Å². The summed E-state index contributed by atoms with van der Waals surface area (Å²) in [6.45, 7) is 0. The maximum Gasteiger partial charge on any atom is 6.00 e. The number of hydrogen-bond acceptors (Lipinski definition) is 6. The van der Waals surface area contributed by atoms with Crippen LogP contribution < -0.4 is 31.5 Å². The molecule has 0 spiro atoms. The molecule has 0 N–H and O–H groups in total. The molecule has 0 amide bonds. The fourth-order valence-electron chi connectivity index (χ4n) is 0. The average molecular weight is 148 g/mol. The van der Waals surface area contributed by atoms with Crippen LogP contribution in [0.1, 0.15) is 0 Å². The fourth-order valence-corrected chi connectivity index (χ4v) is 0. The normalized spacial score (nSPS) is 2.57. The second-order valence-electron chi connectivity index (χ2n) is 0. The first kappa shape index (κ1) is 26.6. The van der Waals surface area contributed by atoms with Crippen molar-refractivity contribution in [2.45, 2.75) is 0 Å². The quantitative estimate of drug-likeness (QED) is 0.247. The molecule has 0 aromatic carbocycles. The minimum atomic E-state index is 0. The third-order valence-corrected chi connectivity index (χ3v) is 0. The van der Waals surface area contributed by atoms with Crippen LogP contribution in [0.4, 0.5) is 0 Å². The maximum atomic E-state index is 7.00. The Kier molecular flexibility index (Phi) is 7840. The van der Waals surface area contributed by atoms with Gasteiger partial charge in [0.25, 0.3) is 0 Å². The molecule has 6 nitrogen and oxygen atoms in total. The van der Waals surface area contributed by atoms with Gasteiger partial charge < -0.3 is 31.5 Å². The van der Waals surface area contributed by atoms with Gasteiger partial charge in [0, 0.05) is 0 Å². The van der Waals surface area contributed by atoms with Gasteiger partial charge in [0.2, 0.25) is 0 Å². The van der Waals surface area contributed by atoms with Crippen LogP contribution in [0.3, 0.4) is 0 Å².